The van der Waals surface area contributed by atoms with Crippen molar-refractivity contribution in [1.82, 2.24) is 19.6 Å². The minimum Gasteiger partial charge on any atom is -0.304 e. The van der Waals surface area contributed by atoms with E-state index in [2.05, 4.69) is 70.1 Å². The van der Waals surface area contributed by atoms with Gasteiger partial charge >= 0.3 is 0 Å². The normalized spacial score (nSPS) is 20.2. The Hall–Kier alpha value is -1.46. The van der Waals surface area contributed by atoms with Crippen LogP contribution in [0.15, 0.2) is 36.4 Å². The van der Waals surface area contributed by atoms with Gasteiger partial charge < -0.3 is 19.6 Å². The van der Waals surface area contributed by atoms with E-state index < -0.39 is 0 Å². The van der Waals surface area contributed by atoms with Gasteiger partial charge in [-0.15, -0.1) is 0 Å². The molecule has 164 valence electrons. The van der Waals surface area contributed by atoms with E-state index in [1.54, 1.807) is 0 Å². The van der Waals surface area contributed by atoms with Gasteiger partial charge in [0.2, 0.25) is 0 Å². The summed E-state index contributed by atoms with van der Waals surface area (Å²) in [4.78, 5) is 10.1. The molecule has 4 heteroatoms. The first kappa shape index (κ1) is 21.8. The van der Waals surface area contributed by atoms with Gasteiger partial charge in [0.05, 0.1) is 0 Å². The maximum atomic E-state index is 2.62. The number of benzene rings is 2. The lowest BCUT2D eigenvalue weighted by Crippen LogP contribution is -2.44. The van der Waals surface area contributed by atoms with Gasteiger partial charge in [-0.25, -0.2) is 0 Å². The largest absolute Gasteiger partial charge is 0.304 e. The van der Waals surface area contributed by atoms with Crippen molar-refractivity contribution in [3.63, 3.8) is 0 Å². The summed E-state index contributed by atoms with van der Waals surface area (Å²) in [6, 6.07) is 14.2. The summed E-state index contributed by atoms with van der Waals surface area (Å²) in [5.74, 6) is 0. The molecular weight excluding hydrogens is 368 g/mol. The summed E-state index contributed by atoms with van der Waals surface area (Å²) in [6.07, 6.45) is 4.91. The Labute approximate surface area is 183 Å². The smallest absolute Gasteiger partial charge is 0.0110 e. The average Bonchev–Trinajstić information content (AvgIpc) is 2.76. The SMILES string of the molecule is CN1CCN(CCCc2ccc3ccc(CCCN4CCN(C)CC4)cc3c2)CC1. The topological polar surface area (TPSA) is 13.0 Å². The molecule has 0 saturated carbocycles. The molecule has 4 nitrogen and oxygen atoms in total. The minimum absolute atomic E-state index is 1.19. The molecule has 0 bridgehead atoms. The molecule has 2 aromatic carbocycles. The molecule has 0 radical (unpaired) electrons. The van der Waals surface area contributed by atoms with E-state index in [0.29, 0.717) is 0 Å². The third-order valence-corrected chi connectivity index (χ3v) is 7.04. The Morgan fingerprint density at radius 2 is 1.00 bits per heavy atom. The zero-order valence-corrected chi connectivity index (χ0v) is 19.2. The van der Waals surface area contributed by atoms with Crippen molar-refractivity contribution in [3.05, 3.63) is 47.5 Å². The van der Waals surface area contributed by atoms with Crippen LogP contribution in [-0.4, -0.2) is 99.1 Å². The summed E-state index contributed by atoms with van der Waals surface area (Å²) in [5.41, 5.74) is 2.98. The third-order valence-electron chi connectivity index (χ3n) is 7.04. The van der Waals surface area contributed by atoms with Crippen molar-refractivity contribution in [1.29, 1.82) is 0 Å². The Kier molecular flexibility index (Phi) is 7.78. The molecule has 2 fully saturated rings. The monoisotopic (exact) mass is 408 g/mol. The minimum atomic E-state index is 1.19. The van der Waals surface area contributed by atoms with E-state index in [1.807, 2.05) is 0 Å². The number of aryl methyl sites for hydroxylation is 2. The number of rotatable bonds is 8. The predicted molar refractivity (Wildman–Crippen MR) is 128 cm³/mol. The Balaban J connectivity index is 1.25. The lowest BCUT2D eigenvalue weighted by Gasteiger charge is -2.32. The van der Waals surface area contributed by atoms with E-state index in [9.17, 15) is 0 Å². The van der Waals surface area contributed by atoms with E-state index in [4.69, 9.17) is 0 Å². The van der Waals surface area contributed by atoms with Gasteiger partial charge in [-0.1, -0.05) is 36.4 Å². The van der Waals surface area contributed by atoms with Crippen LogP contribution in [0.25, 0.3) is 10.8 Å². The van der Waals surface area contributed by atoms with Gasteiger partial charge in [0.15, 0.2) is 0 Å². The Bertz CT molecular complexity index is 726. The molecule has 2 aliphatic rings. The molecule has 30 heavy (non-hydrogen) atoms. The van der Waals surface area contributed by atoms with Gasteiger partial charge in [0.1, 0.15) is 0 Å². The van der Waals surface area contributed by atoms with Crippen LogP contribution in [0.3, 0.4) is 0 Å². The van der Waals surface area contributed by atoms with E-state index >= 15 is 0 Å². The van der Waals surface area contributed by atoms with Crippen molar-refractivity contribution in [3.8, 4) is 0 Å². The fourth-order valence-electron chi connectivity index (χ4n) is 4.81. The van der Waals surface area contributed by atoms with Gasteiger partial charge in [-0.3, -0.25) is 0 Å². The summed E-state index contributed by atoms with van der Waals surface area (Å²) < 4.78 is 0. The van der Waals surface area contributed by atoms with Crippen LogP contribution in [0.4, 0.5) is 0 Å². The van der Waals surface area contributed by atoms with Crippen LogP contribution in [-0.2, 0) is 12.8 Å². The maximum Gasteiger partial charge on any atom is 0.0110 e. The fourth-order valence-corrected chi connectivity index (χ4v) is 4.81. The molecule has 2 heterocycles. The number of nitrogens with zero attached hydrogens (tertiary/aromatic N) is 4. The van der Waals surface area contributed by atoms with E-state index in [0.717, 1.165) is 0 Å². The zero-order chi connectivity index (χ0) is 20.8. The fraction of sp³-hybridized carbons (Fsp3) is 0.615. The first-order valence-corrected chi connectivity index (χ1v) is 12.0. The second-order valence-corrected chi connectivity index (χ2v) is 9.51. The summed E-state index contributed by atoms with van der Waals surface area (Å²) in [6.45, 7) is 12.2. The first-order valence-electron chi connectivity index (χ1n) is 12.0. The highest BCUT2D eigenvalue weighted by Gasteiger charge is 2.14. The highest BCUT2D eigenvalue weighted by Crippen LogP contribution is 2.20. The zero-order valence-electron chi connectivity index (χ0n) is 19.2. The molecule has 0 N–H and O–H groups in total. The summed E-state index contributed by atoms with van der Waals surface area (Å²) in [5, 5.41) is 2.80. The molecule has 0 aliphatic carbocycles. The number of likely N-dealkylation sites (N-methyl/N-ethyl adjacent to an activating group) is 2. The quantitative estimate of drug-likeness (QED) is 0.665. The Morgan fingerprint density at radius 1 is 0.567 bits per heavy atom. The maximum absolute atomic E-state index is 2.62. The van der Waals surface area contributed by atoms with Crippen molar-refractivity contribution < 1.29 is 0 Å². The van der Waals surface area contributed by atoms with Gasteiger partial charge in [0, 0.05) is 52.4 Å². The average molecular weight is 409 g/mol. The van der Waals surface area contributed by atoms with Crippen molar-refractivity contribution in [2.75, 3.05) is 79.5 Å². The Morgan fingerprint density at radius 3 is 1.43 bits per heavy atom. The second-order valence-electron chi connectivity index (χ2n) is 9.51. The number of piperazine rings is 2. The summed E-state index contributed by atoms with van der Waals surface area (Å²) in [7, 11) is 4.46. The van der Waals surface area contributed by atoms with Gasteiger partial charge in [0.25, 0.3) is 0 Å². The molecule has 2 aliphatic heterocycles. The molecule has 0 aromatic heterocycles. The van der Waals surface area contributed by atoms with Gasteiger partial charge in [-0.05, 0) is 74.8 Å². The van der Waals surface area contributed by atoms with Crippen LogP contribution in [0.2, 0.25) is 0 Å². The van der Waals surface area contributed by atoms with Crippen molar-refractivity contribution >= 4 is 10.8 Å². The molecule has 0 spiro atoms. The summed E-state index contributed by atoms with van der Waals surface area (Å²) >= 11 is 0. The first-order chi connectivity index (χ1) is 14.7. The van der Waals surface area contributed by atoms with Crippen LogP contribution in [0, 0.1) is 0 Å². The third kappa shape index (κ3) is 6.27. The van der Waals surface area contributed by atoms with Crippen LogP contribution in [0.5, 0.6) is 0 Å². The molecule has 0 amide bonds. The van der Waals surface area contributed by atoms with E-state index in [1.165, 1.54) is 113 Å². The molecule has 4 rings (SSSR count). The van der Waals surface area contributed by atoms with Crippen LogP contribution in [0.1, 0.15) is 24.0 Å². The van der Waals surface area contributed by atoms with Gasteiger partial charge in [-0.2, -0.15) is 0 Å². The van der Waals surface area contributed by atoms with E-state index in [-0.39, 0.29) is 0 Å². The lowest BCUT2D eigenvalue weighted by atomic mass is 10.00. The highest BCUT2D eigenvalue weighted by molar-refractivity contribution is 5.83. The van der Waals surface area contributed by atoms with Crippen molar-refractivity contribution in [2.24, 2.45) is 0 Å². The molecule has 0 unspecified atom stereocenters. The molecular formula is C26H40N4. The molecule has 2 saturated heterocycles. The second kappa shape index (κ2) is 10.7. The number of hydrogen-bond donors (Lipinski definition) is 0. The van der Waals surface area contributed by atoms with Crippen LogP contribution < -0.4 is 0 Å². The molecule has 2 aromatic rings. The lowest BCUT2D eigenvalue weighted by molar-refractivity contribution is 0.153. The highest BCUT2D eigenvalue weighted by atomic mass is 15.2. The predicted octanol–water partition coefficient (Wildman–Crippen LogP) is 3.20. The molecule has 0 atom stereocenters. The standard InChI is InChI=1S/C26H40N4/c1-27-13-17-29(18-14-27)11-3-5-23-7-9-25-10-8-24(22-26(25)21-23)6-4-12-30-19-15-28(2)16-20-30/h7-10,21-22H,3-6,11-20H2,1-2H3. The number of hydrogen-bond acceptors (Lipinski definition) is 4. The van der Waals surface area contributed by atoms with Crippen LogP contribution >= 0.6 is 0 Å². The number of fused-ring (bicyclic) bond motifs is 1. The van der Waals surface area contributed by atoms with Crippen molar-refractivity contribution in [2.45, 2.75) is 25.7 Å².